The van der Waals surface area contributed by atoms with Crippen molar-refractivity contribution in [3.8, 4) is 0 Å². The van der Waals surface area contributed by atoms with Crippen molar-refractivity contribution in [3.63, 3.8) is 0 Å². The largest absolute Gasteiger partial charge is 0.357 e. The molecule has 1 atom stereocenters. The first-order valence-electron chi connectivity index (χ1n) is 11.6. The van der Waals surface area contributed by atoms with Crippen LogP contribution in [0.15, 0.2) is 47.6 Å². The predicted octanol–water partition coefficient (Wildman–Crippen LogP) is 4.01. The van der Waals surface area contributed by atoms with Gasteiger partial charge in [-0.2, -0.15) is 0 Å². The van der Waals surface area contributed by atoms with E-state index in [1.807, 2.05) is 6.20 Å². The third-order valence-corrected chi connectivity index (χ3v) is 5.90. The number of rotatable bonds is 8. The molecule has 1 unspecified atom stereocenters. The zero-order valence-corrected chi connectivity index (χ0v) is 22.3. The van der Waals surface area contributed by atoms with Crippen LogP contribution >= 0.6 is 24.0 Å². The highest BCUT2D eigenvalue weighted by Crippen LogP contribution is 2.16. The van der Waals surface area contributed by atoms with Crippen molar-refractivity contribution in [3.05, 3.63) is 59.3 Å². The molecular formula is C25H39IN6. The number of nitrogens with zero attached hydrogens (tertiary/aromatic N) is 4. The first-order chi connectivity index (χ1) is 15.1. The van der Waals surface area contributed by atoms with E-state index in [0.717, 1.165) is 63.2 Å². The third kappa shape index (κ3) is 7.92. The molecule has 2 aromatic rings. The van der Waals surface area contributed by atoms with Crippen LogP contribution in [0, 0.1) is 6.92 Å². The van der Waals surface area contributed by atoms with Gasteiger partial charge in [-0.15, -0.1) is 24.0 Å². The Morgan fingerprint density at radius 3 is 2.50 bits per heavy atom. The third-order valence-electron chi connectivity index (χ3n) is 5.90. The highest BCUT2D eigenvalue weighted by molar-refractivity contribution is 14.0. The number of guanidine groups is 1. The normalized spacial score (nSPS) is 15.8. The minimum absolute atomic E-state index is 0. The molecule has 1 aromatic heterocycles. The molecule has 1 aromatic carbocycles. The van der Waals surface area contributed by atoms with Crippen LogP contribution in [0.3, 0.4) is 0 Å². The summed E-state index contributed by atoms with van der Waals surface area (Å²) in [4.78, 5) is 14.3. The van der Waals surface area contributed by atoms with Gasteiger partial charge >= 0.3 is 0 Å². The monoisotopic (exact) mass is 550 g/mol. The van der Waals surface area contributed by atoms with E-state index >= 15 is 0 Å². The van der Waals surface area contributed by atoms with Crippen LogP contribution in [0.5, 0.6) is 0 Å². The number of aromatic nitrogens is 1. The number of halogens is 1. The quantitative estimate of drug-likeness (QED) is 0.296. The van der Waals surface area contributed by atoms with Crippen molar-refractivity contribution < 1.29 is 0 Å². The molecule has 3 rings (SSSR count). The molecule has 1 fully saturated rings. The fraction of sp³-hybridized carbons (Fsp3) is 0.520. The smallest absolute Gasteiger partial charge is 0.191 e. The topological polar surface area (TPSA) is 55.8 Å². The molecule has 0 aliphatic carbocycles. The van der Waals surface area contributed by atoms with Crippen LogP contribution < -0.4 is 15.5 Å². The van der Waals surface area contributed by atoms with Gasteiger partial charge in [0, 0.05) is 45.5 Å². The maximum atomic E-state index is 4.76. The van der Waals surface area contributed by atoms with Crippen LogP contribution in [0.25, 0.3) is 0 Å². The molecule has 2 heterocycles. The Morgan fingerprint density at radius 2 is 1.88 bits per heavy atom. The van der Waals surface area contributed by atoms with Gasteiger partial charge in [-0.3, -0.25) is 0 Å². The van der Waals surface area contributed by atoms with Crippen LogP contribution in [0.1, 0.15) is 43.4 Å². The lowest BCUT2D eigenvalue weighted by Gasteiger charge is -2.34. The SMILES string of the molecule is CCNC(=NCc1ccc(N2CCN(CC)CC2)nc1)NCC(C)c1cccc(C)c1.I. The number of aliphatic imine (C=N–C) groups is 1. The molecule has 7 heteroatoms. The molecule has 32 heavy (non-hydrogen) atoms. The molecule has 176 valence electrons. The van der Waals surface area contributed by atoms with Crippen molar-refractivity contribution in [2.75, 3.05) is 50.7 Å². The number of pyridine rings is 1. The van der Waals surface area contributed by atoms with Gasteiger partial charge in [0.15, 0.2) is 5.96 Å². The number of hydrogen-bond acceptors (Lipinski definition) is 4. The average Bonchev–Trinajstić information content (AvgIpc) is 2.81. The molecule has 0 spiro atoms. The van der Waals surface area contributed by atoms with Gasteiger partial charge in [0.1, 0.15) is 5.82 Å². The summed E-state index contributed by atoms with van der Waals surface area (Å²) in [6, 6.07) is 13.0. The number of piperazine rings is 1. The number of nitrogens with one attached hydrogen (secondary N) is 2. The molecule has 0 radical (unpaired) electrons. The summed E-state index contributed by atoms with van der Waals surface area (Å²) in [5.74, 6) is 2.33. The van der Waals surface area contributed by atoms with Gasteiger partial charge in [-0.1, -0.05) is 49.7 Å². The van der Waals surface area contributed by atoms with Crippen molar-refractivity contribution >= 4 is 35.8 Å². The number of anilines is 1. The summed E-state index contributed by atoms with van der Waals surface area (Å²) >= 11 is 0. The van der Waals surface area contributed by atoms with Gasteiger partial charge in [0.25, 0.3) is 0 Å². The Labute approximate surface area is 210 Å². The van der Waals surface area contributed by atoms with E-state index < -0.39 is 0 Å². The van der Waals surface area contributed by atoms with Crippen molar-refractivity contribution in [2.45, 2.75) is 40.2 Å². The van der Waals surface area contributed by atoms with Crippen LogP contribution in [0.2, 0.25) is 0 Å². The number of hydrogen-bond donors (Lipinski definition) is 2. The number of aryl methyl sites for hydroxylation is 1. The summed E-state index contributed by atoms with van der Waals surface area (Å²) in [7, 11) is 0. The Balaban J connectivity index is 0.00000363. The van der Waals surface area contributed by atoms with E-state index in [1.54, 1.807) is 0 Å². The Morgan fingerprint density at radius 1 is 1.09 bits per heavy atom. The van der Waals surface area contributed by atoms with E-state index in [0.29, 0.717) is 12.5 Å². The molecule has 1 saturated heterocycles. The Bertz CT molecular complexity index is 831. The highest BCUT2D eigenvalue weighted by Gasteiger charge is 2.16. The van der Waals surface area contributed by atoms with Crippen molar-refractivity contribution in [2.24, 2.45) is 4.99 Å². The summed E-state index contributed by atoms with van der Waals surface area (Å²) in [6.45, 7) is 16.5. The lowest BCUT2D eigenvalue weighted by atomic mass is 9.99. The zero-order chi connectivity index (χ0) is 22.1. The first kappa shape index (κ1) is 26.4. The maximum Gasteiger partial charge on any atom is 0.191 e. The van der Waals surface area contributed by atoms with Crippen LogP contribution in [-0.4, -0.2) is 61.7 Å². The van der Waals surface area contributed by atoms with Crippen LogP contribution in [0.4, 0.5) is 5.82 Å². The maximum absolute atomic E-state index is 4.76. The minimum Gasteiger partial charge on any atom is -0.357 e. The van der Waals surface area contributed by atoms with E-state index in [1.165, 1.54) is 11.1 Å². The number of benzene rings is 1. The van der Waals surface area contributed by atoms with E-state index in [4.69, 9.17) is 9.98 Å². The molecule has 0 saturated carbocycles. The molecule has 0 amide bonds. The molecule has 0 bridgehead atoms. The minimum atomic E-state index is 0. The summed E-state index contributed by atoms with van der Waals surface area (Å²) in [5, 5.41) is 6.84. The standard InChI is InChI=1S/C25H38N6.HI/c1-5-26-25(28-17-21(4)23-9-7-8-20(3)16-23)29-19-22-10-11-24(27-18-22)31-14-12-30(6-2)13-15-31;/h7-11,16,18,21H,5-6,12-15,17,19H2,1-4H3,(H2,26,28,29);1H. The average molecular weight is 551 g/mol. The van der Waals surface area contributed by atoms with Crippen molar-refractivity contribution in [1.82, 2.24) is 20.5 Å². The molecule has 6 nitrogen and oxygen atoms in total. The summed E-state index contributed by atoms with van der Waals surface area (Å²) < 4.78 is 0. The van der Waals surface area contributed by atoms with Gasteiger partial charge in [0.05, 0.1) is 6.54 Å². The highest BCUT2D eigenvalue weighted by atomic mass is 127. The Kier molecular flexibility index (Phi) is 11.2. The van der Waals surface area contributed by atoms with Gasteiger partial charge in [-0.25, -0.2) is 9.98 Å². The second-order valence-electron chi connectivity index (χ2n) is 8.34. The second kappa shape index (κ2) is 13.6. The van der Waals surface area contributed by atoms with Crippen LogP contribution in [-0.2, 0) is 6.54 Å². The fourth-order valence-corrected chi connectivity index (χ4v) is 3.85. The number of likely N-dealkylation sites (N-methyl/N-ethyl adjacent to an activating group) is 1. The lowest BCUT2D eigenvalue weighted by molar-refractivity contribution is 0.270. The zero-order valence-electron chi connectivity index (χ0n) is 20.0. The first-order valence-corrected chi connectivity index (χ1v) is 11.6. The van der Waals surface area contributed by atoms with E-state index in [2.05, 4.69) is 84.5 Å². The lowest BCUT2D eigenvalue weighted by Crippen LogP contribution is -2.46. The van der Waals surface area contributed by atoms with Crippen molar-refractivity contribution in [1.29, 1.82) is 0 Å². The van der Waals surface area contributed by atoms with E-state index in [9.17, 15) is 0 Å². The second-order valence-corrected chi connectivity index (χ2v) is 8.34. The molecule has 2 N–H and O–H groups in total. The van der Waals surface area contributed by atoms with Gasteiger partial charge in [-0.05, 0) is 43.5 Å². The van der Waals surface area contributed by atoms with Gasteiger partial charge in [0.2, 0.25) is 0 Å². The fourth-order valence-electron chi connectivity index (χ4n) is 3.85. The Hall–Kier alpha value is -1.87. The predicted molar refractivity (Wildman–Crippen MR) is 146 cm³/mol. The molecular weight excluding hydrogens is 511 g/mol. The van der Waals surface area contributed by atoms with Gasteiger partial charge < -0.3 is 20.4 Å². The van der Waals surface area contributed by atoms with E-state index in [-0.39, 0.29) is 24.0 Å². The summed E-state index contributed by atoms with van der Waals surface area (Å²) in [5.41, 5.74) is 3.77. The summed E-state index contributed by atoms with van der Waals surface area (Å²) in [6.07, 6.45) is 1.96. The molecule has 1 aliphatic rings. The molecule has 1 aliphatic heterocycles.